The first-order valence-corrected chi connectivity index (χ1v) is 8.33. The normalized spacial score (nSPS) is 11.9. The van der Waals surface area contributed by atoms with Crippen molar-refractivity contribution in [2.75, 3.05) is 5.88 Å². The first-order chi connectivity index (χ1) is 8.91. The summed E-state index contributed by atoms with van der Waals surface area (Å²) in [5, 5.41) is 0. The Hall–Kier alpha value is -0.230. The van der Waals surface area contributed by atoms with Crippen LogP contribution in [0.3, 0.4) is 0 Å². The average molecular weight is 271 g/mol. The Morgan fingerprint density at radius 2 is 1.17 bits per heavy atom. The van der Waals surface area contributed by atoms with Crippen LogP contribution in [0.4, 0.5) is 0 Å². The van der Waals surface area contributed by atoms with Crippen molar-refractivity contribution in [2.45, 2.75) is 77.6 Å². The zero-order valence-electron chi connectivity index (χ0n) is 12.2. The summed E-state index contributed by atoms with van der Waals surface area (Å²) >= 11 is 5.64. The molecule has 106 valence electrons. The largest absolute Gasteiger partial charge is 0.127 e. The fourth-order valence-electron chi connectivity index (χ4n) is 1.91. The Balaban J connectivity index is 3.10. The molecule has 0 aromatic carbocycles. The molecule has 0 amide bonds. The van der Waals surface area contributed by atoms with Gasteiger partial charge in [0.15, 0.2) is 0 Å². The third kappa shape index (κ3) is 15.8. The van der Waals surface area contributed by atoms with E-state index in [9.17, 15) is 0 Å². The van der Waals surface area contributed by atoms with E-state index in [1.807, 2.05) is 0 Å². The molecule has 0 rings (SSSR count). The molecule has 0 aromatic heterocycles. The number of alkyl halides is 1. The van der Waals surface area contributed by atoms with Gasteiger partial charge in [0.2, 0.25) is 0 Å². The fraction of sp³-hybridized carbons (Fsp3) is 0.765. The van der Waals surface area contributed by atoms with Gasteiger partial charge in [-0.3, -0.25) is 0 Å². The van der Waals surface area contributed by atoms with Crippen LogP contribution in [0, 0.1) is 0 Å². The summed E-state index contributed by atoms with van der Waals surface area (Å²) in [4.78, 5) is 0. The van der Waals surface area contributed by atoms with E-state index in [1.54, 1.807) is 0 Å². The van der Waals surface area contributed by atoms with Crippen molar-refractivity contribution in [1.29, 1.82) is 0 Å². The molecule has 0 N–H and O–H groups in total. The SMILES string of the molecule is CCCC/C=C\C=C/CCCCCCCCCCl. The highest BCUT2D eigenvalue weighted by molar-refractivity contribution is 6.17. The van der Waals surface area contributed by atoms with Gasteiger partial charge >= 0.3 is 0 Å². The van der Waals surface area contributed by atoms with Crippen LogP contribution in [-0.2, 0) is 0 Å². The summed E-state index contributed by atoms with van der Waals surface area (Å²) in [5.74, 6) is 0.830. The third-order valence-corrected chi connectivity index (χ3v) is 3.38. The van der Waals surface area contributed by atoms with Gasteiger partial charge in [-0.1, -0.05) is 76.2 Å². The van der Waals surface area contributed by atoms with Gasteiger partial charge in [-0.05, 0) is 25.7 Å². The second kappa shape index (κ2) is 16.8. The molecule has 0 saturated carbocycles. The van der Waals surface area contributed by atoms with Crippen LogP contribution < -0.4 is 0 Å². The number of hydrogen-bond acceptors (Lipinski definition) is 0. The molecule has 0 aromatic rings. The van der Waals surface area contributed by atoms with Crippen LogP contribution in [0.2, 0.25) is 0 Å². The van der Waals surface area contributed by atoms with Crippen molar-refractivity contribution in [2.24, 2.45) is 0 Å². The number of halogens is 1. The minimum absolute atomic E-state index is 0.830. The van der Waals surface area contributed by atoms with Crippen LogP contribution in [0.5, 0.6) is 0 Å². The van der Waals surface area contributed by atoms with E-state index in [-0.39, 0.29) is 0 Å². The maximum Gasteiger partial charge on any atom is 0.0223 e. The van der Waals surface area contributed by atoms with Gasteiger partial charge < -0.3 is 0 Å². The molecule has 1 heteroatoms. The Labute approximate surface area is 120 Å². The van der Waals surface area contributed by atoms with E-state index < -0.39 is 0 Å². The first kappa shape index (κ1) is 17.8. The maximum absolute atomic E-state index is 5.64. The highest BCUT2D eigenvalue weighted by atomic mass is 35.5. The second-order valence-corrected chi connectivity index (χ2v) is 5.33. The first-order valence-electron chi connectivity index (χ1n) is 7.79. The lowest BCUT2D eigenvalue weighted by Gasteiger charge is -1.99. The number of unbranched alkanes of at least 4 members (excludes halogenated alkanes) is 9. The van der Waals surface area contributed by atoms with Gasteiger partial charge in [-0.15, -0.1) is 11.6 Å². The van der Waals surface area contributed by atoms with Crippen LogP contribution >= 0.6 is 11.6 Å². The highest BCUT2D eigenvalue weighted by Crippen LogP contribution is 2.09. The molecule has 0 aliphatic heterocycles. The monoisotopic (exact) mass is 270 g/mol. The Morgan fingerprint density at radius 3 is 1.72 bits per heavy atom. The Morgan fingerprint density at radius 1 is 0.667 bits per heavy atom. The minimum Gasteiger partial charge on any atom is -0.127 e. The zero-order chi connectivity index (χ0) is 13.3. The van der Waals surface area contributed by atoms with E-state index in [0.29, 0.717) is 0 Å². The molecule has 0 atom stereocenters. The molecule has 0 radical (unpaired) electrons. The highest BCUT2D eigenvalue weighted by Gasteiger charge is 1.90. The fourth-order valence-corrected chi connectivity index (χ4v) is 2.10. The van der Waals surface area contributed by atoms with Crippen molar-refractivity contribution in [3.8, 4) is 0 Å². The maximum atomic E-state index is 5.64. The zero-order valence-corrected chi connectivity index (χ0v) is 12.9. The van der Waals surface area contributed by atoms with Gasteiger partial charge in [-0.25, -0.2) is 0 Å². The number of allylic oxidation sites excluding steroid dienone is 4. The lowest BCUT2D eigenvalue weighted by Crippen LogP contribution is -1.81. The van der Waals surface area contributed by atoms with Crippen molar-refractivity contribution in [3.63, 3.8) is 0 Å². The molecular formula is C17H31Cl. The van der Waals surface area contributed by atoms with Gasteiger partial charge in [0.25, 0.3) is 0 Å². The molecule has 0 nitrogen and oxygen atoms in total. The molecule has 0 bridgehead atoms. The Kier molecular flexibility index (Phi) is 16.6. The summed E-state index contributed by atoms with van der Waals surface area (Å²) in [6.07, 6.45) is 23.4. The molecule has 0 heterocycles. The topological polar surface area (TPSA) is 0 Å². The molecule has 0 fully saturated rings. The summed E-state index contributed by atoms with van der Waals surface area (Å²) in [6.45, 7) is 2.24. The van der Waals surface area contributed by atoms with Crippen molar-refractivity contribution in [1.82, 2.24) is 0 Å². The quantitative estimate of drug-likeness (QED) is 0.200. The van der Waals surface area contributed by atoms with Gasteiger partial charge in [0.05, 0.1) is 0 Å². The smallest absolute Gasteiger partial charge is 0.0223 e. The molecule has 0 saturated heterocycles. The molecule has 0 unspecified atom stereocenters. The van der Waals surface area contributed by atoms with E-state index in [2.05, 4.69) is 31.2 Å². The summed E-state index contributed by atoms with van der Waals surface area (Å²) < 4.78 is 0. The predicted octanol–water partition coefficient (Wildman–Crippen LogP) is 6.65. The second-order valence-electron chi connectivity index (χ2n) is 4.95. The molecule has 0 spiro atoms. The average Bonchev–Trinajstić information content (AvgIpc) is 2.39. The standard InChI is InChI=1S/C17H31Cl/c1-2-3-4-5-6-7-8-9-10-11-12-13-14-15-16-17-18/h5-8H,2-4,9-17H2,1H3/b6-5-,8-7-. The lowest BCUT2D eigenvalue weighted by molar-refractivity contribution is 0.593. The Bertz CT molecular complexity index is 194. The summed E-state index contributed by atoms with van der Waals surface area (Å²) in [5.41, 5.74) is 0. The van der Waals surface area contributed by atoms with E-state index in [1.165, 1.54) is 70.6 Å². The molecule has 0 aliphatic carbocycles. The van der Waals surface area contributed by atoms with E-state index >= 15 is 0 Å². The van der Waals surface area contributed by atoms with Crippen molar-refractivity contribution in [3.05, 3.63) is 24.3 Å². The molecule has 18 heavy (non-hydrogen) atoms. The summed E-state index contributed by atoms with van der Waals surface area (Å²) in [6, 6.07) is 0. The molecule has 0 aliphatic rings. The minimum atomic E-state index is 0.830. The van der Waals surface area contributed by atoms with Gasteiger partial charge in [0, 0.05) is 5.88 Å². The van der Waals surface area contributed by atoms with Gasteiger partial charge in [0.1, 0.15) is 0 Å². The van der Waals surface area contributed by atoms with Crippen LogP contribution in [0.1, 0.15) is 77.6 Å². The van der Waals surface area contributed by atoms with E-state index in [0.717, 1.165) is 5.88 Å². The number of rotatable bonds is 13. The lowest BCUT2D eigenvalue weighted by atomic mass is 10.1. The van der Waals surface area contributed by atoms with E-state index in [4.69, 9.17) is 11.6 Å². The third-order valence-electron chi connectivity index (χ3n) is 3.11. The number of hydrogen-bond donors (Lipinski definition) is 0. The molecular weight excluding hydrogens is 240 g/mol. The summed E-state index contributed by atoms with van der Waals surface area (Å²) in [7, 11) is 0. The predicted molar refractivity (Wildman–Crippen MR) is 85.5 cm³/mol. The van der Waals surface area contributed by atoms with Gasteiger partial charge in [-0.2, -0.15) is 0 Å². The van der Waals surface area contributed by atoms with Crippen LogP contribution in [0.15, 0.2) is 24.3 Å². The van der Waals surface area contributed by atoms with Crippen molar-refractivity contribution < 1.29 is 0 Å². The van der Waals surface area contributed by atoms with Crippen LogP contribution in [0.25, 0.3) is 0 Å². The van der Waals surface area contributed by atoms with Crippen LogP contribution in [-0.4, -0.2) is 5.88 Å². The van der Waals surface area contributed by atoms with Crippen molar-refractivity contribution >= 4 is 11.6 Å².